The Labute approximate surface area is 177 Å². The van der Waals surface area contributed by atoms with Gasteiger partial charge in [-0.3, -0.25) is 9.59 Å². The van der Waals surface area contributed by atoms with Crippen LogP contribution in [0.1, 0.15) is 31.5 Å². The molecule has 30 heavy (non-hydrogen) atoms. The maximum Gasteiger partial charge on any atom is 0.254 e. The van der Waals surface area contributed by atoms with E-state index in [0.29, 0.717) is 25.3 Å². The van der Waals surface area contributed by atoms with Crippen molar-refractivity contribution in [2.45, 2.75) is 49.9 Å². The first-order chi connectivity index (χ1) is 14.1. The summed E-state index contributed by atoms with van der Waals surface area (Å²) in [5.74, 6) is 0.498. The molecule has 0 bridgehead atoms. The molecule has 1 aliphatic heterocycles. The zero-order valence-electron chi connectivity index (χ0n) is 17.8. The Morgan fingerprint density at radius 2 is 1.87 bits per heavy atom. The Bertz CT molecular complexity index is 1090. The van der Waals surface area contributed by atoms with Gasteiger partial charge in [0.15, 0.2) is 9.84 Å². The standard InChI is InChI=1S/C22H28N2O5S/c1-15(2)30(27,28)20-7-5-17(6-8-20)12-22(26)24-10-9-18(14-24)29-19-11-16(3)23(4)21(25)13-19/h5-8,11,13,15,18H,9-10,12,14H2,1-4H3. The fourth-order valence-electron chi connectivity index (χ4n) is 3.40. The van der Waals surface area contributed by atoms with Gasteiger partial charge in [0.05, 0.1) is 23.1 Å². The van der Waals surface area contributed by atoms with Crippen molar-refractivity contribution in [3.63, 3.8) is 0 Å². The summed E-state index contributed by atoms with van der Waals surface area (Å²) in [5, 5.41) is -0.486. The number of carbonyl (C=O) groups is 1. The number of amides is 1. The molecule has 2 aromatic rings. The Balaban J connectivity index is 1.59. The van der Waals surface area contributed by atoms with Crippen LogP contribution in [0.2, 0.25) is 0 Å². The van der Waals surface area contributed by atoms with E-state index in [-0.39, 0.29) is 28.9 Å². The van der Waals surface area contributed by atoms with Crippen molar-refractivity contribution >= 4 is 15.7 Å². The molecule has 0 N–H and O–H groups in total. The maximum absolute atomic E-state index is 12.7. The van der Waals surface area contributed by atoms with Crippen LogP contribution < -0.4 is 10.3 Å². The summed E-state index contributed by atoms with van der Waals surface area (Å²) < 4.78 is 31.9. The largest absolute Gasteiger partial charge is 0.488 e. The quantitative estimate of drug-likeness (QED) is 0.698. The number of hydrogen-bond acceptors (Lipinski definition) is 5. The lowest BCUT2D eigenvalue weighted by molar-refractivity contribution is -0.129. The molecule has 3 rings (SSSR count). The molecule has 0 aliphatic carbocycles. The average molecular weight is 433 g/mol. The molecule has 1 amide bonds. The Morgan fingerprint density at radius 3 is 2.47 bits per heavy atom. The molecule has 0 saturated carbocycles. The van der Waals surface area contributed by atoms with Crippen LogP contribution in [0.4, 0.5) is 0 Å². The summed E-state index contributed by atoms with van der Waals surface area (Å²) in [6, 6.07) is 9.79. The van der Waals surface area contributed by atoms with Crippen LogP contribution in [0.5, 0.6) is 5.75 Å². The van der Waals surface area contributed by atoms with Crippen LogP contribution in [-0.2, 0) is 28.1 Å². The smallest absolute Gasteiger partial charge is 0.254 e. The lowest BCUT2D eigenvalue weighted by Gasteiger charge is -2.18. The predicted molar refractivity (Wildman–Crippen MR) is 115 cm³/mol. The van der Waals surface area contributed by atoms with Crippen LogP contribution in [-0.4, -0.2) is 48.2 Å². The second-order valence-corrected chi connectivity index (χ2v) is 10.5. The zero-order chi connectivity index (χ0) is 22.1. The highest BCUT2D eigenvalue weighted by Crippen LogP contribution is 2.20. The van der Waals surface area contributed by atoms with Gasteiger partial charge in [0.2, 0.25) is 5.91 Å². The molecule has 1 saturated heterocycles. The number of aryl methyl sites for hydroxylation is 1. The minimum Gasteiger partial charge on any atom is -0.488 e. The third-order valence-electron chi connectivity index (χ3n) is 5.50. The van der Waals surface area contributed by atoms with Crippen LogP contribution in [0, 0.1) is 6.92 Å². The lowest BCUT2D eigenvalue weighted by Crippen LogP contribution is -2.32. The molecule has 1 atom stereocenters. The van der Waals surface area contributed by atoms with Gasteiger partial charge < -0.3 is 14.2 Å². The summed E-state index contributed by atoms with van der Waals surface area (Å²) in [6.07, 6.45) is 0.754. The zero-order valence-corrected chi connectivity index (χ0v) is 18.6. The Kier molecular flexibility index (Phi) is 6.36. The van der Waals surface area contributed by atoms with Crippen molar-refractivity contribution in [1.29, 1.82) is 0 Å². The van der Waals surface area contributed by atoms with Gasteiger partial charge in [-0.15, -0.1) is 0 Å². The summed E-state index contributed by atoms with van der Waals surface area (Å²) in [5.41, 5.74) is 1.46. The molecule has 162 valence electrons. The molecular weight excluding hydrogens is 404 g/mol. The van der Waals surface area contributed by atoms with Crippen LogP contribution in [0.15, 0.2) is 46.1 Å². The summed E-state index contributed by atoms with van der Waals surface area (Å²) in [6.45, 7) is 6.19. The first-order valence-corrected chi connectivity index (χ1v) is 11.6. The summed E-state index contributed by atoms with van der Waals surface area (Å²) in [4.78, 5) is 26.6. The number of ether oxygens (including phenoxy) is 1. The van der Waals surface area contributed by atoms with E-state index < -0.39 is 15.1 Å². The van der Waals surface area contributed by atoms with Crippen molar-refractivity contribution in [2.75, 3.05) is 13.1 Å². The molecule has 1 aromatic carbocycles. The van der Waals surface area contributed by atoms with Gasteiger partial charge in [-0.2, -0.15) is 0 Å². The molecule has 1 unspecified atom stereocenters. The third kappa shape index (κ3) is 4.75. The van der Waals surface area contributed by atoms with E-state index in [9.17, 15) is 18.0 Å². The van der Waals surface area contributed by atoms with Gasteiger partial charge >= 0.3 is 0 Å². The normalized spacial score (nSPS) is 16.8. The number of hydrogen-bond donors (Lipinski definition) is 0. The minimum atomic E-state index is -3.32. The second kappa shape index (κ2) is 8.63. The number of pyridine rings is 1. The van der Waals surface area contributed by atoms with Gasteiger partial charge in [-0.25, -0.2) is 8.42 Å². The van der Waals surface area contributed by atoms with Crippen molar-refractivity contribution < 1.29 is 17.9 Å². The van der Waals surface area contributed by atoms with Gasteiger partial charge in [-0.05, 0) is 44.5 Å². The van der Waals surface area contributed by atoms with E-state index in [2.05, 4.69) is 0 Å². The van der Waals surface area contributed by atoms with E-state index in [1.165, 1.54) is 6.07 Å². The van der Waals surface area contributed by atoms with Crippen LogP contribution in [0.3, 0.4) is 0 Å². The van der Waals surface area contributed by atoms with E-state index in [0.717, 1.165) is 11.3 Å². The highest BCUT2D eigenvalue weighted by molar-refractivity contribution is 7.92. The SMILES string of the molecule is Cc1cc(OC2CCN(C(=O)Cc3ccc(S(=O)(=O)C(C)C)cc3)C2)cc(=O)n1C. The molecular formula is C22H28N2O5S. The molecule has 1 fully saturated rings. The molecule has 0 radical (unpaired) electrons. The molecule has 0 spiro atoms. The van der Waals surface area contributed by atoms with Gasteiger partial charge in [-0.1, -0.05) is 12.1 Å². The fraction of sp³-hybridized carbons (Fsp3) is 0.455. The van der Waals surface area contributed by atoms with Gasteiger partial charge in [0, 0.05) is 31.8 Å². The number of rotatable bonds is 6. The van der Waals surface area contributed by atoms with E-state index >= 15 is 0 Å². The van der Waals surface area contributed by atoms with Gasteiger partial charge in [0.1, 0.15) is 11.9 Å². The maximum atomic E-state index is 12.7. The predicted octanol–water partition coefficient (Wildman–Crippen LogP) is 2.10. The monoisotopic (exact) mass is 432 g/mol. The van der Waals surface area contributed by atoms with Crippen molar-refractivity contribution in [3.8, 4) is 5.75 Å². The molecule has 1 aliphatic rings. The van der Waals surface area contributed by atoms with Gasteiger partial charge in [0.25, 0.3) is 5.56 Å². The highest BCUT2D eigenvalue weighted by atomic mass is 32.2. The number of aromatic nitrogens is 1. The second-order valence-electron chi connectivity index (χ2n) is 8.01. The van der Waals surface area contributed by atoms with Crippen molar-refractivity contribution in [1.82, 2.24) is 9.47 Å². The Hall–Kier alpha value is -2.61. The average Bonchev–Trinajstić information content (AvgIpc) is 3.15. The number of nitrogens with zero attached hydrogens (tertiary/aromatic N) is 2. The van der Waals surface area contributed by atoms with E-state index in [1.54, 1.807) is 54.6 Å². The molecule has 2 heterocycles. The summed E-state index contributed by atoms with van der Waals surface area (Å²) in [7, 11) is -1.61. The van der Waals surface area contributed by atoms with Crippen LogP contribution in [0.25, 0.3) is 0 Å². The first-order valence-electron chi connectivity index (χ1n) is 10.0. The van der Waals surface area contributed by atoms with E-state index in [1.807, 2.05) is 13.0 Å². The third-order valence-corrected chi connectivity index (χ3v) is 7.68. The summed E-state index contributed by atoms with van der Waals surface area (Å²) >= 11 is 0. The highest BCUT2D eigenvalue weighted by Gasteiger charge is 2.28. The Morgan fingerprint density at radius 1 is 1.20 bits per heavy atom. The molecule has 7 nitrogen and oxygen atoms in total. The van der Waals surface area contributed by atoms with Crippen molar-refractivity contribution in [3.05, 3.63) is 58.0 Å². The minimum absolute atomic E-state index is 0.0271. The number of likely N-dealkylation sites (tertiary alicyclic amines) is 1. The number of sulfone groups is 1. The fourth-order valence-corrected chi connectivity index (χ4v) is 4.46. The topological polar surface area (TPSA) is 85.7 Å². The first kappa shape index (κ1) is 22.1. The molecule has 8 heteroatoms. The molecule has 1 aromatic heterocycles. The van der Waals surface area contributed by atoms with Crippen molar-refractivity contribution in [2.24, 2.45) is 7.05 Å². The van der Waals surface area contributed by atoms with Crippen LogP contribution >= 0.6 is 0 Å². The number of carbonyl (C=O) groups excluding carboxylic acids is 1. The number of benzene rings is 1. The van der Waals surface area contributed by atoms with E-state index in [4.69, 9.17) is 4.74 Å². The lowest BCUT2D eigenvalue weighted by atomic mass is 10.1.